The van der Waals surface area contributed by atoms with Crippen LogP contribution in [0.4, 0.5) is 5.69 Å². The lowest BCUT2D eigenvalue weighted by molar-refractivity contribution is -0.115. The number of pyridine rings is 1. The molecule has 116 valence electrons. The minimum absolute atomic E-state index is 0.0249. The van der Waals surface area contributed by atoms with E-state index in [4.69, 9.17) is 4.42 Å². The number of benzene rings is 1. The lowest BCUT2D eigenvalue weighted by atomic mass is 10.1. The van der Waals surface area contributed by atoms with Crippen LogP contribution in [0.1, 0.15) is 6.42 Å². The van der Waals surface area contributed by atoms with Crippen molar-refractivity contribution in [2.24, 2.45) is 0 Å². The van der Waals surface area contributed by atoms with Crippen LogP contribution in [-0.2, 0) is 4.79 Å². The molecule has 0 unspecified atom stereocenters. The highest BCUT2D eigenvalue weighted by molar-refractivity contribution is 7.99. The van der Waals surface area contributed by atoms with Crippen molar-refractivity contribution in [3.05, 3.63) is 61.3 Å². The number of amides is 1. The van der Waals surface area contributed by atoms with Crippen LogP contribution in [0.3, 0.4) is 0 Å². The number of carbonyl (C=O) groups is 1. The van der Waals surface area contributed by atoms with Gasteiger partial charge >= 0.3 is 0 Å². The van der Waals surface area contributed by atoms with Crippen LogP contribution in [-0.4, -0.2) is 21.6 Å². The van der Waals surface area contributed by atoms with E-state index in [1.807, 2.05) is 42.5 Å². The molecule has 0 saturated heterocycles. The number of nitrogens with zero attached hydrogens (tertiary/aromatic N) is 2. The molecule has 5 nitrogen and oxygen atoms in total. The average Bonchev–Trinajstić information content (AvgIpc) is 3.11. The summed E-state index contributed by atoms with van der Waals surface area (Å²) in [6, 6.07) is 13.2. The molecule has 0 aliphatic rings. The molecule has 3 rings (SSSR count). The highest BCUT2D eigenvalue weighted by atomic mass is 32.2. The molecule has 0 aliphatic carbocycles. The zero-order chi connectivity index (χ0) is 15.9. The summed E-state index contributed by atoms with van der Waals surface area (Å²) in [5.41, 5.74) is 1.62. The zero-order valence-electron chi connectivity index (χ0n) is 12.3. The predicted octanol–water partition coefficient (Wildman–Crippen LogP) is 3.86. The first-order valence-electron chi connectivity index (χ1n) is 7.14. The summed E-state index contributed by atoms with van der Waals surface area (Å²) < 4.78 is 5.26. The van der Waals surface area contributed by atoms with E-state index in [0.29, 0.717) is 17.9 Å². The first kappa shape index (κ1) is 15.3. The molecule has 2 heterocycles. The largest absolute Gasteiger partial charge is 0.444 e. The Labute approximate surface area is 138 Å². The first-order chi connectivity index (χ1) is 11.3. The molecule has 0 bridgehead atoms. The summed E-state index contributed by atoms with van der Waals surface area (Å²) in [6.07, 6.45) is 5.20. The summed E-state index contributed by atoms with van der Waals surface area (Å²) in [6.45, 7) is 0. The van der Waals surface area contributed by atoms with E-state index in [-0.39, 0.29) is 5.91 Å². The van der Waals surface area contributed by atoms with Gasteiger partial charge in [-0.15, -0.1) is 11.8 Å². The molecular weight excluding hydrogens is 310 g/mol. The van der Waals surface area contributed by atoms with E-state index in [9.17, 15) is 4.79 Å². The van der Waals surface area contributed by atoms with Crippen molar-refractivity contribution >= 4 is 23.4 Å². The van der Waals surface area contributed by atoms with Gasteiger partial charge in [0.15, 0.2) is 12.2 Å². The van der Waals surface area contributed by atoms with Gasteiger partial charge in [0.05, 0.1) is 11.2 Å². The molecule has 2 aromatic heterocycles. The highest BCUT2D eigenvalue weighted by Gasteiger charge is 2.06. The van der Waals surface area contributed by atoms with Gasteiger partial charge in [0.1, 0.15) is 0 Å². The van der Waals surface area contributed by atoms with Crippen molar-refractivity contribution in [2.75, 3.05) is 11.1 Å². The van der Waals surface area contributed by atoms with Crippen LogP contribution in [0.15, 0.2) is 70.7 Å². The summed E-state index contributed by atoms with van der Waals surface area (Å²) in [4.78, 5) is 20.1. The molecule has 23 heavy (non-hydrogen) atoms. The summed E-state index contributed by atoms with van der Waals surface area (Å²) in [7, 11) is 0. The fraction of sp³-hybridized carbons (Fsp3) is 0.118. The Kier molecular flexibility index (Phi) is 5.06. The van der Waals surface area contributed by atoms with Gasteiger partial charge in [-0.3, -0.25) is 4.79 Å². The molecule has 1 aromatic carbocycles. The maximum Gasteiger partial charge on any atom is 0.225 e. The fourth-order valence-corrected chi connectivity index (χ4v) is 2.82. The number of rotatable bonds is 6. The van der Waals surface area contributed by atoms with Crippen LogP contribution in [0, 0.1) is 0 Å². The van der Waals surface area contributed by atoms with E-state index in [0.717, 1.165) is 16.3 Å². The molecule has 6 heteroatoms. The van der Waals surface area contributed by atoms with Crippen molar-refractivity contribution in [3.8, 4) is 11.3 Å². The Morgan fingerprint density at radius 2 is 2.17 bits per heavy atom. The molecule has 3 aromatic rings. The zero-order valence-corrected chi connectivity index (χ0v) is 13.1. The molecule has 1 N–H and O–H groups in total. The first-order valence-corrected chi connectivity index (χ1v) is 8.12. The van der Waals surface area contributed by atoms with Crippen LogP contribution in [0.5, 0.6) is 0 Å². The summed E-state index contributed by atoms with van der Waals surface area (Å²) >= 11 is 1.57. The summed E-state index contributed by atoms with van der Waals surface area (Å²) in [5.74, 6) is 1.33. The van der Waals surface area contributed by atoms with Crippen molar-refractivity contribution < 1.29 is 9.21 Å². The fourth-order valence-electron chi connectivity index (χ4n) is 2.01. The topological polar surface area (TPSA) is 68.0 Å². The third kappa shape index (κ3) is 4.43. The molecule has 0 atom stereocenters. The summed E-state index contributed by atoms with van der Waals surface area (Å²) in [5, 5.41) is 3.82. The van der Waals surface area contributed by atoms with E-state index in [1.165, 1.54) is 6.39 Å². The second kappa shape index (κ2) is 7.60. The average molecular weight is 325 g/mol. The Morgan fingerprint density at radius 1 is 1.22 bits per heavy atom. The second-order valence-electron chi connectivity index (χ2n) is 4.76. The monoisotopic (exact) mass is 325 g/mol. The van der Waals surface area contributed by atoms with E-state index in [1.54, 1.807) is 24.2 Å². The number of hydrogen-bond donors (Lipinski definition) is 1. The number of nitrogens with one attached hydrogen (secondary N) is 1. The lowest BCUT2D eigenvalue weighted by Crippen LogP contribution is -2.12. The Morgan fingerprint density at radius 3 is 2.96 bits per heavy atom. The number of aromatic nitrogens is 2. The number of thioether (sulfide) groups is 1. The standard InChI is InChI=1S/C17H15N3O2S/c21-16(7-9-23-17-6-1-2-8-19-17)20-14-5-3-4-13(10-14)15-11-18-12-22-15/h1-6,8,10-12H,7,9H2,(H,20,21). The van der Waals surface area contributed by atoms with Crippen molar-refractivity contribution in [3.63, 3.8) is 0 Å². The smallest absolute Gasteiger partial charge is 0.225 e. The van der Waals surface area contributed by atoms with Gasteiger partial charge < -0.3 is 9.73 Å². The van der Waals surface area contributed by atoms with Gasteiger partial charge in [-0.2, -0.15) is 0 Å². The third-order valence-electron chi connectivity index (χ3n) is 3.08. The number of carbonyl (C=O) groups excluding carboxylic acids is 1. The lowest BCUT2D eigenvalue weighted by Gasteiger charge is -2.06. The third-order valence-corrected chi connectivity index (χ3v) is 4.03. The van der Waals surface area contributed by atoms with Gasteiger partial charge in [0, 0.05) is 29.6 Å². The Bertz CT molecular complexity index is 761. The second-order valence-corrected chi connectivity index (χ2v) is 5.88. The van der Waals surface area contributed by atoms with Gasteiger partial charge in [0.2, 0.25) is 5.91 Å². The Hall–Kier alpha value is -2.60. The molecular formula is C17H15N3O2S. The van der Waals surface area contributed by atoms with E-state index >= 15 is 0 Å². The van der Waals surface area contributed by atoms with Crippen molar-refractivity contribution in [1.29, 1.82) is 0 Å². The molecule has 0 spiro atoms. The molecule has 0 fully saturated rings. The highest BCUT2D eigenvalue weighted by Crippen LogP contribution is 2.22. The SMILES string of the molecule is O=C(CCSc1ccccn1)Nc1cccc(-c2cnco2)c1. The minimum Gasteiger partial charge on any atom is -0.444 e. The maximum atomic E-state index is 12.0. The van der Waals surface area contributed by atoms with E-state index < -0.39 is 0 Å². The van der Waals surface area contributed by atoms with Crippen LogP contribution < -0.4 is 5.32 Å². The van der Waals surface area contributed by atoms with Crippen molar-refractivity contribution in [1.82, 2.24) is 9.97 Å². The van der Waals surface area contributed by atoms with Crippen LogP contribution in [0.25, 0.3) is 11.3 Å². The number of anilines is 1. The molecule has 1 amide bonds. The maximum absolute atomic E-state index is 12.0. The van der Waals surface area contributed by atoms with Gasteiger partial charge in [0.25, 0.3) is 0 Å². The van der Waals surface area contributed by atoms with Crippen LogP contribution >= 0.6 is 11.8 Å². The predicted molar refractivity (Wildman–Crippen MR) is 90.1 cm³/mol. The van der Waals surface area contributed by atoms with Crippen LogP contribution in [0.2, 0.25) is 0 Å². The normalized spacial score (nSPS) is 10.4. The van der Waals surface area contributed by atoms with Gasteiger partial charge in [-0.25, -0.2) is 9.97 Å². The van der Waals surface area contributed by atoms with Gasteiger partial charge in [-0.05, 0) is 24.3 Å². The van der Waals surface area contributed by atoms with Crippen molar-refractivity contribution in [2.45, 2.75) is 11.4 Å². The van der Waals surface area contributed by atoms with Gasteiger partial charge in [-0.1, -0.05) is 18.2 Å². The molecule has 0 aliphatic heterocycles. The minimum atomic E-state index is -0.0249. The molecule has 0 saturated carbocycles. The quantitative estimate of drug-likeness (QED) is 0.697. The number of hydrogen-bond acceptors (Lipinski definition) is 5. The van der Waals surface area contributed by atoms with E-state index in [2.05, 4.69) is 15.3 Å². The molecule has 0 radical (unpaired) electrons. The number of oxazole rings is 1. The Balaban J connectivity index is 1.53.